The number of aromatic nitrogens is 2. The average Bonchev–Trinajstić information content (AvgIpc) is 3.53. The van der Waals surface area contributed by atoms with Crippen LogP contribution in [-0.4, -0.2) is 54.8 Å². The summed E-state index contributed by atoms with van der Waals surface area (Å²) in [4.78, 5) is 24.9. The van der Waals surface area contributed by atoms with Gasteiger partial charge in [-0.25, -0.2) is 18.4 Å². The first-order valence-corrected chi connectivity index (χ1v) is 15.0. The van der Waals surface area contributed by atoms with Gasteiger partial charge in [-0.3, -0.25) is 4.79 Å². The predicted molar refractivity (Wildman–Crippen MR) is 159 cm³/mol. The molecule has 6 rings (SSSR count). The molecule has 40 heavy (non-hydrogen) atoms. The van der Waals surface area contributed by atoms with Crippen molar-refractivity contribution in [2.45, 2.75) is 4.90 Å². The van der Waals surface area contributed by atoms with E-state index in [0.29, 0.717) is 49.1 Å². The molecular formula is C29H26N6O3S2. The maximum atomic E-state index is 13.3. The largest absolute Gasteiger partial charge is 0.397 e. The second-order valence-electron chi connectivity index (χ2n) is 9.41. The molecule has 3 aromatic carbocycles. The van der Waals surface area contributed by atoms with E-state index in [4.69, 9.17) is 5.73 Å². The molecule has 11 heteroatoms. The lowest BCUT2D eigenvalue weighted by Gasteiger charge is -2.34. The van der Waals surface area contributed by atoms with E-state index in [9.17, 15) is 13.2 Å². The van der Waals surface area contributed by atoms with Crippen molar-refractivity contribution in [3.63, 3.8) is 0 Å². The van der Waals surface area contributed by atoms with Gasteiger partial charge in [0.2, 0.25) is 16.0 Å². The SMILES string of the molecule is Nc1ccc(-c2cccs2)cc1NC(=O)c1cnc(N2CCN(S(=O)(=O)c3ccc4ccccc4c3)CC2)nc1. The Morgan fingerprint density at radius 3 is 2.35 bits per heavy atom. The number of benzene rings is 3. The summed E-state index contributed by atoms with van der Waals surface area (Å²) in [6.07, 6.45) is 2.93. The Hall–Kier alpha value is -4.32. The number of hydrogen-bond donors (Lipinski definition) is 2. The van der Waals surface area contributed by atoms with E-state index in [0.717, 1.165) is 21.2 Å². The van der Waals surface area contributed by atoms with Crippen molar-refractivity contribution >= 4 is 55.4 Å². The van der Waals surface area contributed by atoms with E-state index < -0.39 is 10.0 Å². The number of sulfonamides is 1. The summed E-state index contributed by atoms with van der Waals surface area (Å²) in [7, 11) is -3.62. The van der Waals surface area contributed by atoms with Crippen molar-refractivity contribution in [3.05, 3.63) is 96.1 Å². The van der Waals surface area contributed by atoms with Gasteiger partial charge in [0.25, 0.3) is 5.91 Å². The molecule has 2 aromatic heterocycles. The first-order chi connectivity index (χ1) is 19.4. The highest BCUT2D eigenvalue weighted by Crippen LogP contribution is 2.30. The Morgan fingerprint density at radius 1 is 0.875 bits per heavy atom. The van der Waals surface area contributed by atoms with Crippen LogP contribution >= 0.6 is 11.3 Å². The number of carbonyl (C=O) groups excluding carboxylic acids is 1. The van der Waals surface area contributed by atoms with Gasteiger partial charge in [-0.05, 0) is 52.0 Å². The molecule has 1 fully saturated rings. The summed E-state index contributed by atoms with van der Waals surface area (Å²) in [6, 6.07) is 22.4. The Balaban J connectivity index is 1.10. The van der Waals surface area contributed by atoms with Crippen LogP contribution in [0.5, 0.6) is 0 Å². The van der Waals surface area contributed by atoms with Crippen molar-refractivity contribution in [2.24, 2.45) is 0 Å². The third-order valence-corrected chi connectivity index (χ3v) is 9.70. The number of nitrogens with two attached hydrogens (primary N) is 1. The minimum atomic E-state index is -3.62. The lowest BCUT2D eigenvalue weighted by Crippen LogP contribution is -2.49. The Labute approximate surface area is 236 Å². The minimum absolute atomic E-state index is 0.285. The van der Waals surface area contributed by atoms with Crippen LogP contribution in [-0.2, 0) is 10.0 Å². The number of nitrogens with one attached hydrogen (secondary N) is 1. The number of thiophene rings is 1. The Kier molecular flexibility index (Phi) is 6.93. The van der Waals surface area contributed by atoms with E-state index in [1.807, 2.05) is 64.9 Å². The second-order valence-corrected chi connectivity index (χ2v) is 12.3. The molecule has 1 aliphatic rings. The van der Waals surface area contributed by atoms with Crippen LogP contribution in [0.3, 0.4) is 0 Å². The summed E-state index contributed by atoms with van der Waals surface area (Å²) in [5.41, 5.74) is 8.34. The molecule has 0 unspecified atom stereocenters. The average molecular weight is 571 g/mol. The van der Waals surface area contributed by atoms with Crippen molar-refractivity contribution in [1.29, 1.82) is 0 Å². The van der Waals surface area contributed by atoms with Gasteiger partial charge in [0, 0.05) is 43.4 Å². The first kappa shape index (κ1) is 25.9. The van der Waals surface area contributed by atoms with Gasteiger partial charge in [-0.2, -0.15) is 4.31 Å². The van der Waals surface area contributed by atoms with E-state index in [-0.39, 0.29) is 10.8 Å². The number of nitrogens with zero attached hydrogens (tertiary/aromatic N) is 4. The standard InChI is InChI=1S/C29H26N6O3S2/c30-25-10-8-22(27-6-3-15-39-27)17-26(25)33-28(36)23-18-31-29(32-19-23)34-11-13-35(14-12-34)40(37,38)24-9-7-20-4-1-2-5-21(20)16-24/h1-10,15-19H,11-14,30H2,(H,33,36). The number of fused-ring (bicyclic) bond motifs is 1. The predicted octanol–water partition coefficient (Wildman–Crippen LogP) is 4.70. The molecular weight excluding hydrogens is 544 g/mol. The van der Waals surface area contributed by atoms with Crippen LogP contribution in [0.15, 0.2) is 95.5 Å². The second kappa shape index (κ2) is 10.7. The zero-order valence-corrected chi connectivity index (χ0v) is 23.0. The molecule has 0 atom stereocenters. The molecule has 0 radical (unpaired) electrons. The first-order valence-electron chi connectivity index (χ1n) is 12.7. The lowest BCUT2D eigenvalue weighted by atomic mass is 10.1. The molecule has 0 aliphatic carbocycles. The van der Waals surface area contributed by atoms with E-state index in [1.165, 1.54) is 16.7 Å². The zero-order chi connectivity index (χ0) is 27.7. The summed E-state index contributed by atoms with van der Waals surface area (Å²) >= 11 is 1.61. The third-order valence-electron chi connectivity index (χ3n) is 6.89. The molecule has 202 valence electrons. The smallest absolute Gasteiger partial charge is 0.258 e. The van der Waals surface area contributed by atoms with Gasteiger partial charge in [0.1, 0.15) is 0 Å². The van der Waals surface area contributed by atoms with Crippen LogP contribution in [0, 0.1) is 0 Å². The van der Waals surface area contributed by atoms with Gasteiger partial charge in [-0.15, -0.1) is 11.3 Å². The summed E-state index contributed by atoms with van der Waals surface area (Å²) in [6.45, 7) is 1.48. The fraction of sp³-hybridized carbons (Fsp3) is 0.138. The van der Waals surface area contributed by atoms with E-state index in [2.05, 4.69) is 15.3 Å². The molecule has 0 spiro atoms. The molecule has 0 saturated carbocycles. The van der Waals surface area contributed by atoms with Crippen LogP contribution in [0.25, 0.3) is 21.2 Å². The summed E-state index contributed by atoms with van der Waals surface area (Å²) < 4.78 is 28.0. The van der Waals surface area contributed by atoms with E-state index >= 15 is 0 Å². The summed E-state index contributed by atoms with van der Waals surface area (Å²) in [5.74, 6) is 0.0754. The maximum Gasteiger partial charge on any atom is 0.258 e. The molecule has 1 amide bonds. The van der Waals surface area contributed by atoms with Gasteiger partial charge in [-0.1, -0.05) is 42.5 Å². The van der Waals surface area contributed by atoms with Gasteiger partial charge < -0.3 is 16.0 Å². The number of rotatable bonds is 6. The van der Waals surface area contributed by atoms with Crippen molar-refractivity contribution in [2.75, 3.05) is 42.1 Å². The van der Waals surface area contributed by atoms with Crippen LogP contribution in [0.1, 0.15) is 10.4 Å². The Morgan fingerprint density at radius 2 is 1.62 bits per heavy atom. The molecule has 0 bridgehead atoms. The lowest BCUT2D eigenvalue weighted by molar-refractivity contribution is 0.102. The zero-order valence-electron chi connectivity index (χ0n) is 21.4. The third kappa shape index (κ3) is 5.14. The highest BCUT2D eigenvalue weighted by molar-refractivity contribution is 7.89. The van der Waals surface area contributed by atoms with E-state index in [1.54, 1.807) is 29.5 Å². The highest BCUT2D eigenvalue weighted by atomic mass is 32.2. The highest BCUT2D eigenvalue weighted by Gasteiger charge is 2.29. The number of carbonyl (C=O) groups is 1. The number of nitrogen functional groups attached to an aromatic ring is 1. The monoisotopic (exact) mass is 570 g/mol. The van der Waals surface area contributed by atoms with Crippen molar-refractivity contribution in [3.8, 4) is 10.4 Å². The van der Waals surface area contributed by atoms with Crippen molar-refractivity contribution < 1.29 is 13.2 Å². The molecule has 5 aromatic rings. The normalized spacial score (nSPS) is 14.3. The van der Waals surface area contributed by atoms with Gasteiger partial charge in [0.15, 0.2) is 0 Å². The van der Waals surface area contributed by atoms with Crippen molar-refractivity contribution in [1.82, 2.24) is 14.3 Å². The fourth-order valence-electron chi connectivity index (χ4n) is 4.66. The molecule has 1 aliphatic heterocycles. The molecule has 1 saturated heterocycles. The minimum Gasteiger partial charge on any atom is -0.397 e. The fourth-order valence-corrected chi connectivity index (χ4v) is 6.84. The molecule has 3 N–H and O–H groups in total. The van der Waals surface area contributed by atoms with Gasteiger partial charge in [0.05, 0.1) is 21.8 Å². The van der Waals surface area contributed by atoms with Crippen LogP contribution < -0.4 is 16.0 Å². The van der Waals surface area contributed by atoms with Gasteiger partial charge >= 0.3 is 0 Å². The molecule has 3 heterocycles. The maximum absolute atomic E-state index is 13.3. The number of hydrogen-bond acceptors (Lipinski definition) is 8. The Bertz CT molecular complexity index is 1780. The molecule has 9 nitrogen and oxygen atoms in total. The quantitative estimate of drug-likeness (QED) is 0.284. The van der Waals surface area contributed by atoms with Crippen LogP contribution in [0.2, 0.25) is 0 Å². The topological polar surface area (TPSA) is 122 Å². The number of anilines is 3. The number of amides is 1. The number of piperazine rings is 1. The summed E-state index contributed by atoms with van der Waals surface area (Å²) in [5, 5.41) is 6.73. The van der Waals surface area contributed by atoms with Crippen LogP contribution in [0.4, 0.5) is 17.3 Å².